The smallest absolute Gasteiger partial charge is 0.229 e. The third kappa shape index (κ3) is 5.37. The van der Waals surface area contributed by atoms with Gasteiger partial charge in [0.2, 0.25) is 12.0 Å². The number of hydrogen-bond acceptors (Lipinski definition) is 10. The predicted molar refractivity (Wildman–Crippen MR) is 122 cm³/mol. The van der Waals surface area contributed by atoms with Crippen LogP contribution in [0.2, 0.25) is 0 Å². The minimum atomic E-state index is -1.55. The monoisotopic (exact) mass is 478 g/mol. The summed E-state index contributed by atoms with van der Waals surface area (Å²) >= 11 is 0. The number of aliphatic hydroxyl groups excluding tert-OH is 4. The van der Waals surface area contributed by atoms with Gasteiger partial charge in [0.05, 0.1) is 35.0 Å². The van der Waals surface area contributed by atoms with Crippen molar-refractivity contribution in [3.63, 3.8) is 0 Å². The summed E-state index contributed by atoms with van der Waals surface area (Å²) in [6, 6.07) is 8.73. The topological polar surface area (TPSA) is 136 Å². The highest BCUT2D eigenvalue weighted by molar-refractivity contribution is 5.73. The van der Waals surface area contributed by atoms with Crippen molar-refractivity contribution in [2.75, 3.05) is 35.0 Å². The number of methoxy groups -OCH3 is 4. The molecule has 10 heteroatoms. The maximum absolute atomic E-state index is 10.3. The van der Waals surface area contributed by atoms with Crippen LogP contribution in [0.25, 0.3) is 12.2 Å². The molecule has 2 aromatic rings. The molecule has 0 radical (unpaired) electrons. The zero-order valence-electron chi connectivity index (χ0n) is 19.4. The Morgan fingerprint density at radius 3 is 1.88 bits per heavy atom. The highest BCUT2D eigenvalue weighted by Gasteiger charge is 2.44. The SMILES string of the molecule is COc1ccc(/C=C\c2cc(OC)c(OC)c(OC)c2)cc1O[C@@H]1O[C@H](CO)[C@@H](O)[C@H](O)[C@H]1O. The van der Waals surface area contributed by atoms with Crippen molar-refractivity contribution in [2.24, 2.45) is 0 Å². The van der Waals surface area contributed by atoms with Crippen LogP contribution in [0.3, 0.4) is 0 Å². The summed E-state index contributed by atoms with van der Waals surface area (Å²) in [6.07, 6.45) is -3.33. The first-order valence-electron chi connectivity index (χ1n) is 10.5. The molecule has 4 N–H and O–H groups in total. The van der Waals surface area contributed by atoms with Crippen molar-refractivity contribution in [3.8, 4) is 28.7 Å². The van der Waals surface area contributed by atoms with Gasteiger partial charge in [-0.2, -0.15) is 0 Å². The summed E-state index contributed by atoms with van der Waals surface area (Å²) in [6.45, 7) is -0.556. The molecule has 1 saturated heterocycles. The molecule has 34 heavy (non-hydrogen) atoms. The van der Waals surface area contributed by atoms with Gasteiger partial charge in [-0.1, -0.05) is 18.2 Å². The Labute approximate surface area is 197 Å². The summed E-state index contributed by atoms with van der Waals surface area (Å²) in [5, 5.41) is 39.6. The first kappa shape index (κ1) is 25.6. The van der Waals surface area contributed by atoms with Crippen LogP contribution in [0.1, 0.15) is 11.1 Å². The molecule has 2 aromatic carbocycles. The molecule has 0 spiro atoms. The van der Waals surface area contributed by atoms with E-state index in [9.17, 15) is 20.4 Å². The van der Waals surface area contributed by atoms with E-state index in [4.69, 9.17) is 28.4 Å². The van der Waals surface area contributed by atoms with Gasteiger partial charge in [-0.05, 0) is 35.4 Å². The van der Waals surface area contributed by atoms with Gasteiger partial charge in [-0.25, -0.2) is 0 Å². The fraction of sp³-hybridized carbons (Fsp3) is 0.417. The molecule has 3 rings (SSSR count). The van der Waals surface area contributed by atoms with Crippen LogP contribution in [0, 0.1) is 0 Å². The predicted octanol–water partition coefficient (Wildman–Crippen LogP) is 1.07. The second kappa shape index (κ2) is 11.4. The third-order valence-corrected chi connectivity index (χ3v) is 5.43. The summed E-state index contributed by atoms with van der Waals surface area (Å²) in [4.78, 5) is 0. The van der Waals surface area contributed by atoms with E-state index < -0.39 is 37.3 Å². The van der Waals surface area contributed by atoms with Crippen LogP contribution in [0.4, 0.5) is 0 Å². The van der Waals surface area contributed by atoms with Gasteiger partial charge in [0.25, 0.3) is 0 Å². The average Bonchev–Trinajstić information content (AvgIpc) is 2.86. The van der Waals surface area contributed by atoms with E-state index in [1.807, 2.05) is 12.2 Å². The summed E-state index contributed by atoms with van der Waals surface area (Å²) < 4.78 is 32.6. The Kier molecular flexibility index (Phi) is 8.59. The number of ether oxygens (including phenoxy) is 6. The number of aliphatic hydroxyl groups is 4. The summed E-state index contributed by atoms with van der Waals surface area (Å²) in [5.74, 6) is 2.12. The maximum Gasteiger partial charge on any atom is 0.229 e. The Morgan fingerprint density at radius 2 is 1.32 bits per heavy atom. The van der Waals surface area contributed by atoms with Crippen LogP contribution in [0.15, 0.2) is 30.3 Å². The minimum absolute atomic E-state index is 0.235. The molecule has 186 valence electrons. The van der Waals surface area contributed by atoms with E-state index in [0.29, 0.717) is 23.0 Å². The van der Waals surface area contributed by atoms with Gasteiger partial charge in [-0.3, -0.25) is 0 Å². The number of hydrogen-bond donors (Lipinski definition) is 4. The molecule has 1 heterocycles. The lowest BCUT2D eigenvalue weighted by molar-refractivity contribution is -0.277. The average molecular weight is 478 g/mol. The van der Waals surface area contributed by atoms with E-state index >= 15 is 0 Å². The fourth-order valence-corrected chi connectivity index (χ4v) is 3.57. The first-order chi connectivity index (χ1) is 16.4. The largest absolute Gasteiger partial charge is 0.493 e. The molecular weight excluding hydrogens is 448 g/mol. The molecule has 1 aliphatic heterocycles. The molecule has 10 nitrogen and oxygen atoms in total. The minimum Gasteiger partial charge on any atom is -0.493 e. The second-order valence-corrected chi connectivity index (χ2v) is 7.52. The first-order valence-corrected chi connectivity index (χ1v) is 10.5. The van der Waals surface area contributed by atoms with Gasteiger partial charge < -0.3 is 48.8 Å². The second-order valence-electron chi connectivity index (χ2n) is 7.52. The lowest BCUT2D eigenvalue weighted by Gasteiger charge is -2.39. The van der Waals surface area contributed by atoms with E-state index in [1.54, 1.807) is 30.3 Å². The Morgan fingerprint density at radius 1 is 0.735 bits per heavy atom. The quantitative estimate of drug-likeness (QED) is 0.388. The van der Waals surface area contributed by atoms with Gasteiger partial charge in [0, 0.05) is 0 Å². The standard InChI is InChI=1S/C24H30O10/c1-29-15-8-7-13(5-6-14-10-17(30-2)23(32-4)18(11-14)31-3)9-16(15)33-24-22(28)21(27)20(26)19(12-25)34-24/h5-11,19-22,24-28H,12H2,1-4H3/b6-5-/t19-,20-,21+,22-,24-/m1/s1. The van der Waals surface area contributed by atoms with Crippen LogP contribution < -0.4 is 23.7 Å². The van der Waals surface area contributed by atoms with E-state index in [2.05, 4.69) is 0 Å². The molecule has 0 bridgehead atoms. The van der Waals surface area contributed by atoms with Gasteiger partial charge >= 0.3 is 0 Å². The number of benzene rings is 2. The Balaban J connectivity index is 1.86. The van der Waals surface area contributed by atoms with E-state index in [1.165, 1.54) is 28.4 Å². The molecule has 0 saturated carbocycles. The molecule has 0 aliphatic carbocycles. The normalized spacial score (nSPS) is 24.6. The van der Waals surface area contributed by atoms with Crippen molar-refractivity contribution < 1.29 is 48.8 Å². The highest BCUT2D eigenvalue weighted by atomic mass is 16.7. The van der Waals surface area contributed by atoms with Crippen molar-refractivity contribution in [1.82, 2.24) is 0 Å². The van der Waals surface area contributed by atoms with E-state index in [0.717, 1.165) is 11.1 Å². The molecule has 5 atom stereocenters. The third-order valence-electron chi connectivity index (χ3n) is 5.43. The van der Waals surface area contributed by atoms with Crippen molar-refractivity contribution in [2.45, 2.75) is 30.7 Å². The lowest BCUT2D eigenvalue weighted by atomic mass is 9.99. The number of rotatable bonds is 9. The zero-order chi connectivity index (χ0) is 24.8. The summed E-state index contributed by atoms with van der Waals surface area (Å²) in [7, 11) is 6.07. The highest BCUT2D eigenvalue weighted by Crippen LogP contribution is 2.39. The molecule has 0 unspecified atom stereocenters. The van der Waals surface area contributed by atoms with Crippen LogP contribution in [-0.2, 0) is 4.74 Å². The van der Waals surface area contributed by atoms with Crippen molar-refractivity contribution in [1.29, 1.82) is 0 Å². The van der Waals surface area contributed by atoms with Gasteiger partial charge in [-0.15, -0.1) is 0 Å². The molecule has 0 amide bonds. The molecule has 1 aliphatic rings. The zero-order valence-corrected chi connectivity index (χ0v) is 19.4. The lowest BCUT2D eigenvalue weighted by Crippen LogP contribution is -2.60. The van der Waals surface area contributed by atoms with Gasteiger partial charge in [0.15, 0.2) is 23.0 Å². The van der Waals surface area contributed by atoms with E-state index in [-0.39, 0.29) is 5.75 Å². The van der Waals surface area contributed by atoms with Crippen molar-refractivity contribution in [3.05, 3.63) is 41.5 Å². The van der Waals surface area contributed by atoms with Crippen LogP contribution in [-0.4, -0.2) is 86.2 Å². The van der Waals surface area contributed by atoms with Gasteiger partial charge in [0.1, 0.15) is 24.4 Å². The Bertz CT molecular complexity index is 965. The van der Waals surface area contributed by atoms with Crippen molar-refractivity contribution >= 4 is 12.2 Å². The summed E-state index contributed by atoms with van der Waals surface area (Å²) in [5.41, 5.74) is 1.52. The fourth-order valence-electron chi connectivity index (χ4n) is 3.57. The maximum atomic E-state index is 10.3. The molecular formula is C24H30O10. The Hall–Kier alpha value is -3.02. The van der Waals surface area contributed by atoms with Crippen LogP contribution >= 0.6 is 0 Å². The van der Waals surface area contributed by atoms with Crippen LogP contribution in [0.5, 0.6) is 28.7 Å². The molecule has 0 aromatic heterocycles. The molecule has 1 fully saturated rings.